The first-order valence-electron chi connectivity index (χ1n) is 9.65. The smallest absolute Gasteiger partial charge is 0.319 e. The third kappa shape index (κ3) is 3.69. The van der Waals surface area contributed by atoms with Gasteiger partial charge in [0.05, 0.1) is 0 Å². The van der Waals surface area contributed by atoms with Crippen molar-refractivity contribution in [2.24, 2.45) is 0 Å². The average molecular weight is 404 g/mol. The standard InChI is InChI=1S/C21H20N6O3/c1-27(2)21-24-16-11-12(6-9-17(16)29-21)18-25-19(30-26-18)13-4-3-5-15(10-13)23-20(28)22-14-7-8-14/h3-6,9-11,14H,7-8H2,1-2H3,(H2,22,23,28). The molecule has 2 heterocycles. The van der Waals surface area contributed by atoms with Gasteiger partial charge in [-0.3, -0.25) is 0 Å². The summed E-state index contributed by atoms with van der Waals surface area (Å²) in [6, 6.07) is 13.5. The van der Waals surface area contributed by atoms with E-state index >= 15 is 0 Å². The zero-order chi connectivity index (χ0) is 20.7. The number of carbonyl (C=O) groups is 1. The molecule has 0 spiro atoms. The van der Waals surface area contributed by atoms with E-state index in [9.17, 15) is 4.79 Å². The lowest BCUT2D eigenvalue weighted by Gasteiger charge is -2.06. The Balaban J connectivity index is 1.38. The number of nitrogens with one attached hydrogen (secondary N) is 2. The Morgan fingerprint density at radius 2 is 1.97 bits per heavy atom. The van der Waals surface area contributed by atoms with Crippen LogP contribution in [-0.4, -0.2) is 41.3 Å². The summed E-state index contributed by atoms with van der Waals surface area (Å²) in [5, 5.41) is 9.82. The minimum absolute atomic E-state index is 0.209. The highest BCUT2D eigenvalue weighted by molar-refractivity contribution is 5.90. The number of carbonyl (C=O) groups excluding carboxylic acids is 1. The summed E-state index contributed by atoms with van der Waals surface area (Å²) < 4.78 is 11.1. The van der Waals surface area contributed by atoms with Crippen LogP contribution < -0.4 is 15.5 Å². The third-order valence-corrected chi connectivity index (χ3v) is 4.72. The quantitative estimate of drug-likeness (QED) is 0.519. The maximum atomic E-state index is 12.0. The van der Waals surface area contributed by atoms with Gasteiger partial charge >= 0.3 is 6.03 Å². The number of hydrogen-bond acceptors (Lipinski definition) is 7. The Hall–Kier alpha value is -3.88. The second-order valence-electron chi connectivity index (χ2n) is 7.45. The first kappa shape index (κ1) is 18.2. The molecule has 1 fully saturated rings. The van der Waals surface area contributed by atoms with Crippen molar-refractivity contribution in [1.29, 1.82) is 0 Å². The Kier molecular flexibility index (Phi) is 4.35. The minimum Gasteiger partial charge on any atom is -0.423 e. The van der Waals surface area contributed by atoms with Crippen LogP contribution in [0.1, 0.15) is 12.8 Å². The van der Waals surface area contributed by atoms with Crippen molar-refractivity contribution in [3.8, 4) is 22.8 Å². The summed E-state index contributed by atoms with van der Waals surface area (Å²) >= 11 is 0. The van der Waals surface area contributed by atoms with E-state index in [1.165, 1.54) is 0 Å². The van der Waals surface area contributed by atoms with Crippen LogP contribution in [0.2, 0.25) is 0 Å². The van der Waals surface area contributed by atoms with Gasteiger partial charge in [-0.2, -0.15) is 9.97 Å². The maximum absolute atomic E-state index is 12.0. The van der Waals surface area contributed by atoms with Crippen LogP contribution in [-0.2, 0) is 0 Å². The van der Waals surface area contributed by atoms with Crippen LogP contribution in [0.15, 0.2) is 51.4 Å². The van der Waals surface area contributed by atoms with Gasteiger partial charge in [-0.05, 0) is 49.2 Å². The number of anilines is 2. The normalized spacial score (nSPS) is 13.4. The number of oxazole rings is 1. The largest absolute Gasteiger partial charge is 0.423 e. The fourth-order valence-corrected chi connectivity index (χ4v) is 3.01. The second-order valence-corrected chi connectivity index (χ2v) is 7.45. The fourth-order valence-electron chi connectivity index (χ4n) is 3.01. The summed E-state index contributed by atoms with van der Waals surface area (Å²) in [5.41, 5.74) is 3.56. The van der Waals surface area contributed by atoms with Crippen LogP contribution in [0.25, 0.3) is 33.9 Å². The molecule has 152 valence electrons. The molecule has 1 saturated carbocycles. The number of hydrogen-bond donors (Lipinski definition) is 2. The molecule has 0 bridgehead atoms. The second kappa shape index (κ2) is 7.18. The molecule has 0 saturated heterocycles. The Bertz CT molecular complexity index is 1220. The molecule has 2 amide bonds. The predicted octanol–water partition coefficient (Wildman–Crippen LogP) is 3.89. The van der Waals surface area contributed by atoms with E-state index in [1.54, 1.807) is 11.0 Å². The van der Waals surface area contributed by atoms with Gasteiger partial charge in [0.2, 0.25) is 5.82 Å². The number of nitrogens with zero attached hydrogens (tertiary/aromatic N) is 4. The lowest BCUT2D eigenvalue weighted by atomic mass is 10.2. The maximum Gasteiger partial charge on any atom is 0.319 e. The number of rotatable bonds is 5. The van der Waals surface area contributed by atoms with Crippen LogP contribution in [0.3, 0.4) is 0 Å². The summed E-state index contributed by atoms with van der Waals surface area (Å²) in [6.45, 7) is 0. The Morgan fingerprint density at radius 1 is 1.10 bits per heavy atom. The van der Waals surface area contributed by atoms with Crippen LogP contribution in [0, 0.1) is 0 Å². The van der Waals surface area contributed by atoms with E-state index in [0.717, 1.165) is 29.5 Å². The highest BCUT2D eigenvalue weighted by Gasteiger charge is 2.23. The van der Waals surface area contributed by atoms with E-state index in [2.05, 4.69) is 25.8 Å². The van der Waals surface area contributed by atoms with E-state index in [-0.39, 0.29) is 6.03 Å². The molecule has 2 aromatic heterocycles. The van der Waals surface area contributed by atoms with Crippen molar-refractivity contribution in [2.45, 2.75) is 18.9 Å². The molecule has 2 aromatic carbocycles. The first-order chi connectivity index (χ1) is 14.5. The average Bonchev–Trinajstić information content (AvgIpc) is 3.24. The van der Waals surface area contributed by atoms with Gasteiger partial charge in [0.1, 0.15) is 5.52 Å². The lowest BCUT2D eigenvalue weighted by molar-refractivity contribution is 0.251. The summed E-state index contributed by atoms with van der Waals surface area (Å²) in [5.74, 6) is 0.816. The van der Waals surface area contributed by atoms with Gasteiger partial charge in [0.25, 0.3) is 11.9 Å². The van der Waals surface area contributed by atoms with Crippen molar-refractivity contribution < 1.29 is 13.7 Å². The highest BCUT2D eigenvalue weighted by Crippen LogP contribution is 2.28. The fraction of sp³-hybridized carbons (Fsp3) is 0.238. The molecular formula is C21H20N6O3. The molecule has 9 nitrogen and oxygen atoms in total. The monoisotopic (exact) mass is 404 g/mol. The van der Waals surface area contributed by atoms with Crippen molar-refractivity contribution >= 4 is 28.8 Å². The number of urea groups is 1. The van der Waals surface area contributed by atoms with E-state index in [1.807, 2.05) is 50.5 Å². The number of aromatic nitrogens is 3. The van der Waals surface area contributed by atoms with E-state index in [4.69, 9.17) is 8.94 Å². The van der Waals surface area contributed by atoms with Crippen LogP contribution >= 0.6 is 0 Å². The minimum atomic E-state index is -0.209. The highest BCUT2D eigenvalue weighted by atomic mass is 16.5. The van der Waals surface area contributed by atoms with Crippen molar-refractivity contribution in [3.05, 3.63) is 42.5 Å². The molecule has 9 heteroatoms. The first-order valence-corrected chi connectivity index (χ1v) is 9.65. The lowest BCUT2D eigenvalue weighted by Crippen LogP contribution is -2.30. The van der Waals surface area contributed by atoms with Gasteiger partial charge in [-0.25, -0.2) is 4.79 Å². The molecule has 5 rings (SSSR count). The van der Waals surface area contributed by atoms with Crippen molar-refractivity contribution in [2.75, 3.05) is 24.3 Å². The molecule has 1 aliphatic rings. The molecule has 4 aromatic rings. The Morgan fingerprint density at radius 3 is 2.77 bits per heavy atom. The third-order valence-electron chi connectivity index (χ3n) is 4.72. The topological polar surface area (TPSA) is 109 Å². The number of benzene rings is 2. The van der Waals surface area contributed by atoms with Crippen molar-refractivity contribution in [3.63, 3.8) is 0 Å². The van der Waals surface area contributed by atoms with Gasteiger partial charge in [-0.1, -0.05) is 11.2 Å². The van der Waals surface area contributed by atoms with Crippen molar-refractivity contribution in [1.82, 2.24) is 20.4 Å². The van der Waals surface area contributed by atoms with Gasteiger partial charge in [0.15, 0.2) is 5.58 Å². The van der Waals surface area contributed by atoms with E-state index in [0.29, 0.717) is 35.0 Å². The molecule has 0 aliphatic heterocycles. The molecule has 1 aliphatic carbocycles. The molecule has 0 radical (unpaired) electrons. The van der Waals surface area contributed by atoms with Gasteiger partial charge < -0.3 is 24.5 Å². The van der Waals surface area contributed by atoms with Gasteiger partial charge in [0, 0.05) is 37.0 Å². The zero-order valence-corrected chi connectivity index (χ0v) is 16.5. The zero-order valence-electron chi connectivity index (χ0n) is 16.5. The predicted molar refractivity (Wildman–Crippen MR) is 112 cm³/mol. The number of fused-ring (bicyclic) bond motifs is 1. The molecule has 0 unspecified atom stereocenters. The van der Waals surface area contributed by atoms with Crippen LogP contribution in [0.5, 0.6) is 0 Å². The Labute approximate surface area is 172 Å². The van der Waals surface area contributed by atoms with E-state index < -0.39 is 0 Å². The van der Waals surface area contributed by atoms with Gasteiger partial charge in [-0.15, -0.1) is 0 Å². The summed E-state index contributed by atoms with van der Waals surface area (Å²) in [6.07, 6.45) is 2.07. The summed E-state index contributed by atoms with van der Waals surface area (Å²) in [7, 11) is 3.74. The SMILES string of the molecule is CN(C)c1nc2cc(-c3noc(-c4cccc(NC(=O)NC5CC5)c4)n3)ccc2o1. The summed E-state index contributed by atoms with van der Waals surface area (Å²) in [4.78, 5) is 22.7. The molecular weight excluding hydrogens is 384 g/mol. The number of amides is 2. The molecule has 0 atom stereocenters. The molecule has 2 N–H and O–H groups in total. The molecule has 30 heavy (non-hydrogen) atoms. The van der Waals surface area contributed by atoms with Crippen LogP contribution in [0.4, 0.5) is 16.5 Å².